The number of ketones is 1. The van der Waals surface area contributed by atoms with Crippen molar-refractivity contribution in [2.24, 2.45) is 0 Å². The van der Waals surface area contributed by atoms with E-state index in [1.165, 1.54) is 13.0 Å². The number of hydrogen-bond acceptors (Lipinski definition) is 4. The molecule has 1 aromatic carbocycles. The van der Waals surface area contributed by atoms with Gasteiger partial charge in [0.2, 0.25) is 0 Å². The Bertz CT molecular complexity index is 646. The van der Waals surface area contributed by atoms with Gasteiger partial charge in [-0.1, -0.05) is 30.9 Å². The Morgan fingerprint density at radius 2 is 2.04 bits per heavy atom. The van der Waals surface area contributed by atoms with Gasteiger partial charge in [-0.05, 0) is 38.0 Å². The molecule has 0 saturated heterocycles. The molecule has 1 aliphatic carbocycles. The fraction of sp³-hybridized carbons (Fsp3) is 0.471. The average molecular weight is 335 g/mol. The molecule has 1 fully saturated rings. The molecule has 0 aromatic heterocycles. The number of nitrogens with one attached hydrogen (secondary N) is 1. The van der Waals surface area contributed by atoms with Crippen LogP contribution < -0.4 is 10.1 Å². The van der Waals surface area contributed by atoms with Gasteiger partial charge in [0.25, 0.3) is 5.91 Å². The first kappa shape index (κ1) is 17.3. The van der Waals surface area contributed by atoms with Gasteiger partial charge in [0.05, 0.1) is 11.6 Å². The zero-order valence-corrected chi connectivity index (χ0v) is 13.8. The van der Waals surface area contributed by atoms with Gasteiger partial charge in [-0.2, -0.15) is 5.26 Å². The first-order valence-corrected chi connectivity index (χ1v) is 7.99. The van der Waals surface area contributed by atoms with Crippen molar-refractivity contribution in [2.75, 3.05) is 6.61 Å². The average Bonchev–Trinajstić information content (AvgIpc) is 2.54. The highest BCUT2D eigenvalue weighted by Crippen LogP contribution is 2.27. The molecule has 2 rings (SSSR count). The van der Waals surface area contributed by atoms with Crippen molar-refractivity contribution in [3.05, 3.63) is 28.8 Å². The minimum atomic E-state index is -0.790. The number of benzene rings is 1. The minimum absolute atomic E-state index is 0.191. The van der Waals surface area contributed by atoms with Crippen LogP contribution in [0, 0.1) is 11.3 Å². The number of carbonyl (C=O) groups is 2. The highest BCUT2D eigenvalue weighted by Gasteiger charge is 2.33. The quantitative estimate of drug-likeness (QED) is 0.838. The SMILES string of the molecule is CC(=O)c1cc(Cl)ccc1OCC(=O)NC1(C#N)CCCCC1. The monoisotopic (exact) mass is 334 g/mol. The Morgan fingerprint density at radius 3 is 2.65 bits per heavy atom. The van der Waals surface area contributed by atoms with Crippen LogP contribution in [-0.2, 0) is 4.79 Å². The van der Waals surface area contributed by atoms with Gasteiger partial charge >= 0.3 is 0 Å². The van der Waals surface area contributed by atoms with E-state index in [1.807, 2.05) is 0 Å². The smallest absolute Gasteiger partial charge is 0.259 e. The Balaban J connectivity index is 1.99. The Kier molecular flexibility index (Phi) is 5.62. The van der Waals surface area contributed by atoms with Crippen LogP contribution in [0.5, 0.6) is 5.75 Å². The number of rotatable bonds is 5. The van der Waals surface area contributed by atoms with Crippen LogP contribution in [0.15, 0.2) is 18.2 Å². The molecule has 1 aliphatic rings. The third kappa shape index (κ3) is 4.46. The number of halogens is 1. The van der Waals surface area contributed by atoms with Gasteiger partial charge in [0.1, 0.15) is 11.3 Å². The molecule has 1 aromatic rings. The van der Waals surface area contributed by atoms with E-state index < -0.39 is 5.54 Å². The molecule has 0 spiro atoms. The maximum Gasteiger partial charge on any atom is 0.259 e. The summed E-state index contributed by atoms with van der Waals surface area (Å²) in [7, 11) is 0. The highest BCUT2D eigenvalue weighted by molar-refractivity contribution is 6.31. The normalized spacial score (nSPS) is 16.2. The summed E-state index contributed by atoms with van der Waals surface area (Å²) in [4.78, 5) is 23.7. The minimum Gasteiger partial charge on any atom is -0.483 e. The molecule has 1 N–H and O–H groups in total. The van der Waals surface area contributed by atoms with E-state index in [-0.39, 0.29) is 18.3 Å². The fourth-order valence-electron chi connectivity index (χ4n) is 2.77. The second-order valence-corrected chi connectivity index (χ2v) is 6.22. The van der Waals surface area contributed by atoms with Gasteiger partial charge < -0.3 is 10.1 Å². The lowest BCUT2D eigenvalue weighted by Crippen LogP contribution is -2.50. The fourth-order valence-corrected chi connectivity index (χ4v) is 2.94. The lowest BCUT2D eigenvalue weighted by Gasteiger charge is -2.31. The van der Waals surface area contributed by atoms with E-state index in [2.05, 4.69) is 11.4 Å². The van der Waals surface area contributed by atoms with Crippen LogP contribution >= 0.6 is 11.6 Å². The van der Waals surface area contributed by atoms with Crippen molar-refractivity contribution in [1.82, 2.24) is 5.32 Å². The summed E-state index contributed by atoms with van der Waals surface area (Å²) in [6.07, 6.45) is 4.27. The Hall–Kier alpha value is -2.06. The summed E-state index contributed by atoms with van der Waals surface area (Å²) in [5, 5.41) is 12.6. The molecular weight excluding hydrogens is 316 g/mol. The van der Waals surface area contributed by atoms with Crippen LogP contribution in [0.25, 0.3) is 0 Å². The van der Waals surface area contributed by atoms with Gasteiger partial charge in [0.15, 0.2) is 12.4 Å². The van der Waals surface area contributed by atoms with Crippen molar-refractivity contribution in [3.63, 3.8) is 0 Å². The first-order chi connectivity index (χ1) is 11.0. The highest BCUT2D eigenvalue weighted by atomic mass is 35.5. The van der Waals surface area contributed by atoms with Crippen molar-refractivity contribution in [2.45, 2.75) is 44.6 Å². The maximum absolute atomic E-state index is 12.1. The summed E-state index contributed by atoms with van der Waals surface area (Å²) in [6, 6.07) is 6.89. The number of carbonyl (C=O) groups excluding carboxylic acids is 2. The molecule has 0 bridgehead atoms. The molecular formula is C17H19ClN2O3. The van der Waals surface area contributed by atoms with Gasteiger partial charge in [-0.25, -0.2) is 0 Å². The number of amides is 1. The van der Waals surface area contributed by atoms with Crippen LogP contribution in [-0.4, -0.2) is 23.8 Å². The molecule has 0 unspecified atom stereocenters. The number of Topliss-reactive ketones (excluding diaryl/α,β-unsaturated/α-hetero) is 1. The van der Waals surface area contributed by atoms with Crippen LogP contribution in [0.1, 0.15) is 49.4 Å². The van der Waals surface area contributed by atoms with Gasteiger partial charge in [-0.15, -0.1) is 0 Å². The van der Waals surface area contributed by atoms with Crippen molar-refractivity contribution in [3.8, 4) is 11.8 Å². The summed E-state index contributed by atoms with van der Waals surface area (Å²) in [5.74, 6) is -0.242. The van der Waals surface area contributed by atoms with E-state index in [1.54, 1.807) is 12.1 Å². The van der Waals surface area contributed by atoms with Crippen LogP contribution in [0.3, 0.4) is 0 Å². The predicted octanol–water partition coefficient (Wildman–Crippen LogP) is 3.26. The van der Waals surface area contributed by atoms with Crippen molar-refractivity contribution < 1.29 is 14.3 Å². The largest absolute Gasteiger partial charge is 0.483 e. The zero-order valence-electron chi connectivity index (χ0n) is 13.0. The number of nitrogens with zero attached hydrogens (tertiary/aromatic N) is 1. The molecule has 23 heavy (non-hydrogen) atoms. The summed E-state index contributed by atoms with van der Waals surface area (Å²) < 4.78 is 5.45. The number of hydrogen-bond donors (Lipinski definition) is 1. The predicted molar refractivity (Wildman–Crippen MR) is 86.5 cm³/mol. The molecule has 5 nitrogen and oxygen atoms in total. The summed E-state index contributed by atoms with van der Waals surface area (Å²) in [6.45, 7) is 1.16. The summed E-state index contributed by atoms with van der Waals surface area (Å²) in [5.41, 5.74) is -0.458. The molecule has 6 heteroatoms. The second kappa shape index (κ2) is 7.47. The Morgan fingerprint density at radius 1 is 1.35 bits per heavy atom. The lowest BCUT2D eigenvalue weighted by atomic mass is 9.83. The molecule has 0 atom stereocenters. The summed E-state index contributed by atoms with van der Waals surface area (Å²) >= 11 is 5.87. The van der Waals surface area contributed by atoms with Crippen LogP contribution in [0.4, 0.5) is 0 Å². The number of ether oxygens (including phenoxy) is 1. The third-order valence-electron chi connectivity index (χ3n) is 3.98. The van der Waals surface area contributed by atoms with Gasteiger partial charge in [0, 0.05) is 5.02 Å². The zero-order chi connectivity index (χ0) is 16.9. The van der Waals surface area contributed by atoms with E-state index in [0.29, 0.717) is 29.2 Å². The number of nitriles is 1. The molecule has 1 saturated carbocycles. The Labute approximate surface area is 140 Å². The standard InChI is InChI=1S/C17H19ClN2O3/c1-12(21)14-9-13(18)5-6-15(14)23-10-16(22)20-17(11-19)7-3-2-4-8-17/h5-6,9H,2-4,7-8,10H2,1H3,(H,20,22). The van der Waals surface area contributed by atoms with Crippen molar-refractivity contribution in [1.29, 1.82) is 5.26 Å². The molecule has 0 aliphatic heterocycles. The van der Waals surface area contributed by atoms with E-state index in [4.69, 9.17) is 16.3 Å². The molecule has 0 heterocycles. The van der Waals surface area contributed by atoms with E-state index >= 15 is 0 Å². The first-order valence-electron chi connectivity index (χ1n) is 7.61. The molecule has 0 radical (unpaired) electrons. The van der Waals surface area contributed by atoms with E-state index in [0.717, 1.165) is 19.3 Å². The lowest BCUT2D eigenvalue weighted by molar-refractivity contribution is -0.124. The second-order valence-electron chi connectivity index (χ2n) is 5.79. The van der Waals surface area contributed by atoms with Crippen LogP contribution in [0.2, 0.25) is 5.02 Å². The van der Waals surface area contributed by atoms with E-state index in [9.17, 15) is 14.9 Å². The maximum atomic E-state index is 12.1. The third-order valence-corrected chi connectivity index (χ3v) is 4.21. The topological polar surface area (TPSA) is 79.2 Å². The van der Waals surface area contributed by atoms with Crippen molar-refractivity contribution >= 4 is 23.3 Å². The molecule has 122 valence electrons. The molecule has 1 amide bonds. The van der Waals surface area contributed by atoms with Gasteiger partial charge in [-0.3, -0.25) is 9.59 Å².